The summed E-state index contributed by atoms with van der Waals surface area (Å²) in [6.07, 6.45) is -0.0224. The summed E-state index contributed by atoms with van der Waals surface area (Å²) in [6, 6.07) is 14.9. The number of nitrogens with one attached hydrogen (secondary N) is 1. The van der Waals surface area contributed by atoms with E-state index in [0.29, 0.717) is 6.54 Å². The highest BCUT2D eigenvalue weighted by molar-refractivity contribution is 7.99. The Balaban J connectivity index is 1.71. The van der Waals surface area contributed by atoms with E-state index < -0.39 is 9.84 Å². The molecular weight excluding hydrogens is 354 g/mol. The SMILES string of the molecule is Cc1ccc(SCCNC(=O)CCS(=O)(=O)c2ccc(C)cc2)cc1. The van der Waals surface area contributed by atoms with Crippen molar-refractivity contribution < 1.29 is 13.2 Å². The fourth-order valence-electron chi connectivity index (χ4n) is 2.17. The number of carbonyl (C=O) groups excluding carboxylic acids is 1. The first kappa shape index (κ1) is 19.5. The van der Waals surface area contributed by atoms with Crippen LogP contribution in [0.3, 0.4) is 0 Å². The lowest BCUT2D eigenvalue weighted by Crippen LogP contribution is -2.27. The zero-order valence-electron chi connectivity index (χ0n) is 14.5. The van der Waals surface area contributed by atoms with Gasteiger partial charge in [0.1, 0.15) is 0 Å². The highest BCUT2D eigenvalue weighted by atomic mass is 32.2. The summed E-state index contributed by atoms with van der Waals surface area (Å²) in [5.41, 5.74) is 2.22. The zero-order chi connectivity index (χ0) is 18.3. The van der Waals surface area contributed by atoms with Crippen LogP contribution in [0.2, 0.25) is 0 Å². The van der Waals surface area contributed by atoms with Crippen LogP contribution in [0.1, 0.15) is 17.5 Å². The summed E-state index contributed by atoms with van der Waals surface area (Å²) in [6.45, 7) is 4.46. The van der Waals surface area contributed by atoms with Crippen LogP contribution in [-0.4, -0.2) is 32.4 Å². The molecule has 134 valence electrons. The van der Waals surface area contributed by atoms with E-state index in [1.54, 1.807) is 36.0 Å². The second-order valence-electron chi connectivity index (χ2n) is 5.89. The van der Waals surface area contributed by atoms with Gasteiger partial charge in [0.25, 0.3) is 0 Å². The third-order valence-electron chi connectivity index (χ3n) is 3.69. The molecule has 4 nitrogen and oxygen atoms in total. The van der Waals surface area contributed by atoms with Gasteiger partial charge in [-0.15, -0.1) is 11.8 Å². The van der Waals surface area contributed by atoms with E-state index in [1.807, 2.05) is 13.8 Å². The van der Waals surface area contributed by atoms with Gasteiger partial charge in [0.2, 0.25) is 5.91 Å². The molecule has 0 unspecified atom stereocenters. The minimum atomic E-state index is -3.42. The van der Waals surface area contributed by atoms with E-state index in [2.05, 4.69) is 29.6 Å². The molecule has 0 bridgehead atoms. The van der Waals surface area contributed by atoms with Crippen molar-refractivity contribution in [2.75, 3.05) is 18.1 Å². The first-order valence-corrected chi connectivity index (χ1v) is 10.8. The third kappa shape index (κ3) is 6.55. The van der Waals surface area contributed by atoms with Gasteiger partial charge >= 0.3 is 0 Å². The summed E-state index contributed by atoms with van der Waals surface area (Å²) >= 11 is 1.66. The molecule has 0 aromatic heterocycles. The summed E-state index contributed by atoms with van der Waals surface area (Å²) in [5, 5.41) is 2.77. The summed E-state index contributed by atoms with van der Waals surface area (Å²) in [5.74, 6) is 0.340. The Labute approximate surface area is 154 Å². The average molecular weight is 378 g/mol. The first-order chi connectivity index (χ1) is 11.9. The van der Waals surface area contributed by atoms with Crippen molar-refractivity contribution in [2.24, 2.45) is 0 Å². The number of rotatable bonds is 8. The quantitative estimate of drug-likeness (QED) is 0.566. The summed E-state index contributed by atoms with van der Waals surface area (Å²) in [4.78, 5) is 13.3. The normalized spacial score (nSPS) is 11.3. The largest absolute Gasteiger partial charge is 0.355 e. The van der Waals surface area contributed by atoms with Crippen LogP contribution in [0, 0.1) is 13.8 Å². The van der Waals surface area contributed by atoms with E-state index in [1.165, 1.54) is 5.56 Å². The Bertz CT molecular complexity index is 798. The van der Waals surface area contributed by atoms with Gasteiger partial charge in [0, 0.05) is 23.6 Å². The predicted octanol–water partition coefficient (Wildman–Crippen LogP) is 3.38. The summed E-state index contributed by atoms with van der Waals surface area (Å²) in [7, 11) is -3.42. The maximum absolute atomic E-state index is 12.2. The standard InChI is InChI=1S/C19H23NO3S2/c1-15-3-7-17(8-4-15)24-13-12-20-19(21)11-14-25(22,23)18-9-5-16(2)6-10-18/h3-10H,11-14H2,1-2H3,(H,20,21). The van der Waals surface area contributed by atoms with Gasteiger partial charge in [-0.3, -0.25) is 4.79 Å². The molecule has 0 radical (unpaired) electrons. The molecule has 2 aromatic carbocycles. The van der Waals surface area contributed by atoms with E-state index in [-0.39, 0.29) is 23.0 Å². The van der Waals surface area contributed by atoms with Crippen LogP contribution >= 0.6 is 11.8 Å². The first-order valence-electron chi connectivity index (χ1n) is 8.12. The van der Waals surface area contributed by atoms with Crippen LogP contribution in [0.25, 0.3) is 0 Å². The number of thioether (sulfide) groups is 1. The second-order valence-corrected chi connectivity index (χ2v) is 9.17. The molecule has 6 heteroatoms. The van der Waals surface area contributed by atoms with Gasteiger partial charge in [-0.2, -0.15) is 0 Å². The zero-order valence-corrected chi connectivity index (χ0v) is 16.1. The Kier molecular flexibility index (Phi) is 7.08. The lowest BCUT2D eigenvalue weighted by molar-refractivity contribution is -0.120. The second kappa shape index (κ2) is 9.06. The van der Waals surface area contributed by atoms with Crippen LogP contribution in [-0.2, 0) is 14.6 Å². The maximum Gasteiger partial charge on any atom is 0.221 e. The molecule has 0 saturated carbocycles. The topological polar surface area (TPSA) is 63.2 Å². The monoisotopic (exact) mass is 377 g/mol. The van der Waals surface area contributed by atoms with Crippen LogP contribution in [0.15, 0.2) is 58.3 Å². The minimum Gasteiger partial charge on any atom is -0.355 e. The third-order valence-corrected chi connectivity index (χ3v) is 6.44. The van der Waals surface area contributed by atoms with E-state index in [4.69, 9.17) is 0 Å². The van der Waals surface area contributed by atoms with Gasteiger partial charge in [-0.1, -0.05) is 35.4 Å². The number of hydrogen-bond acceptors (Lipinski definition) is 4. The molecule has 0 saturated heterocycles. The fourth-order valence-corrected chi connectivity index (χ4v) is 4.18. The van der Waals surface area contributed by atoms with E-state index in [9.17, 15) is 13.2 Å². The predicted molar refractivity (Wildman–Crippen MR) is 103 cm³/mol. The van der Waals surface area contributed by atoms with Gasteiger partial charge < -0.3 is 5.32 Å². The molecule has 0 fully saturated rings. The lowest BCUT2D eigenvalue weighted by Gasteiger charge is -2.07. The maximum atomic E-state index is 12.2. The van der Waals surface area contributed by atoms with Crippen molar-refractivity contribution in [1.82, 2.24) is 5.32 Å². The average Bonchev–Trinajstić information content (AvgIpc) is 2.59. The van der Waals surface area contributed by atoms with Crippen LogP contribution < -0.4 is 5.32 Å². The number of aryl methyl sites for hydroxylation is 2. The van der Waals surface area contributed by atoms with Crippen molar-refractivity contribution in [3.8, 4) is 0 Å². The molecule has 0 aliphatic carbocycles. The van der Waals surface area contributed by atoms with E-state index in [0.717, 1.165) is 16.2 Å². The molecule has 1 N–H and O–H groups in total. The molecule has 25 heavy (non-hydrogen) atoms. The number of sulfone groups is 1. The van der Waals surface area contributed by atoms with Gasteiger partial charge in [-0.05, 0) is 38.1 Å². The molecule has 2 aromatic rings. The van der Waals surface area contributed by atoms with Crippen molar-refractivity contribution >= 4 is 27.5 Å². The molecule has 0 heterocycles. The summed E-state index contributed by atoms with van der Waals surface area (Å²) < 4.78 is 24.4. The van der Waals surface area contributed by atoms with Crippen molar-refractivity contribution in [2.45, 2.75) is 30.1 Å². The lowest BCUT2D eigenvalue weighted by atomic mass is 10.2. The van der Waals surface area contributed by atoms with Gasteiger partial charge in [0.15, 0.2) is 9.84 Å². The molecule has 1 amide bonds. The number of carbonyl (C=O) groups is 1. The number of benzene rings is 2. The smallest absolute Gasteiger partial charge is 0.221 e. The molecule has 0 aliphatic rings. The molecule has 0 aliphatic heterocycles. The number of amides is 1. The fraction of sp³-hybridized carbons (Fsp3) is 0.316. The van der Waals surface area contributed by atoms with Crippen molar-refractivity contribution in [1.29, 1.82) is 0 Å². The Morgan fingerprint density at radius 2 is 1.52 bits per heavy atom. The van der Waals surface area contributed by atoms with Crippen molar-refractivity contribution in [3.63, 3.8) is 0 Å². The van der Waals surface area contributed by atoms with Crippen LogP contribution in [0.4, 0.5) is 0 Å². The Morgan fingerprint density at radius 3 is 2.12 bits per heavy atom. The van der Waals surface area contributed by atoms with Crippen molar-refractivity contribution in [3.05, 3.63) is 59.7 Å². The Morgan fingerprint density at radius 1 is 0.960 bits per heavy atom. The molecular formula is C19H23NO3S2. The Hall–Kier alpha value is -1.79. The van der Waals surface area contributed by atoms with Crippen LogP contribution in [0.5, 0.6) is 0 Å². The minimum absolute atomic E-state index is 0.0224. The highest BCUT2D eigenvalue weighted by Crippen LogP contribution is 2.17. The molecule has 0 spiro atoms. The number of hydrogen-bond donors (Lipinski definition) is 1. The van der Waals surface area contributed by atoms with Gasteiger partial charge in [0.05, 0.1) is 10.6 Å². The van der Waals surface area contributed by atoms with E-state index >= 15 is 0 Å². The molecule has 2 rings (SSSR count). The van der Waals surface area contributed by atoms with Gasteiger partial charge in [-0.25, -0.2) is 8.42 Å². The molecule has 0 atom stereocenters. The highest BCUT2D eigenvalue weighted by Gasteiger charge is 2.16.